The summed E-state index contributed by atoms with van der Waals surface area (Å²) >= 11 is 0. The van der Waals surface area contributed by atoms with Gasteiger partial charge in [0.15, 0.2) is 0 Å². The molecule has 3 nitrogen and oxygen atoms in total. The maximum absolute atomic E-state index is 5.98. The molecular weight excluding hydrogens is 248 g/mol. The maximum Gasteiger partial charge on any atom is 0.122 e. The van der Waals surface area contributed by atoms with E-state index in [1.807, 2.05) is 13.4 Å². The molecule has 0 heterocycles. The molecule has 0 aliphatic heterocycles. The molecule has 3 heteroatoms. The summed E-state index contributed by atoms with van der Waals surface area (Å²) in [6, 6.07) is 4.22. The Morgan fingerprint density at radius 1 is 1.30 bits per heavy atom. The normalized spacial score (nSPS) is 16.4. The van der Waals surface area contributed by atoms with E-state index >= 15 is 0 Å². The van der Waals surface area contributed by atoms with E-state index < -0.39 is 0 Å². The Hall–Kier alpha value is -1.51. The number of ether oxygens (including phenoxy) is 1. The SMILES string of the molecule is CCN(C)C=Nc1cc(C)c(OCC2(C)CC2)cc1C. The second-order valence-corrected chi connectivity index (χ2v) is 6.32. The Labute approximate surface area is 122 Å². The van der Waals surface area contributed by atoms with Crippen molar-refractivity contribution in [3.05, 3.63) is 23.3 Å². The van der Waals surface area contributed by atoms with Crippen molar-refractivity contribution < 1.29 is 4.74 Å². The summed E-state index contributed by atoms with van der Waals surface area (Å²) in [6.07, 6.45) is 4.46. The molecule has 0 atom stereocenters. The Morgan fingerprint density at radius 2 is 2.00 bits per heavy atom. The second kappa shape index (κ2) is 5.86. The van der Waals surface area contributed by atoms with Crippen molar-refractivity contribution in [3.63, 3.8) is 0 Å². The van der Waals surface area contributed by atoms with Crippen LogP contribution in [0.3, 0.4) is 0 Å². The number of rotatable bonds is 6. The molecule has 2 rings (SSSR count). The number of aryl methyl sites for hydroxylation is 2. The van der Waals surface area contributed by atoms with Crippen LogP contribution >= 0.6 is 0 Å². The predicted octanol–water partition coefficient (Wildman–Crippen LogP) is 4.09. The number of hydrogen-bond donors (Lipinski definition) is 0. The fourth-order valence-electron chi connectivity index (χ4n) is 1.92. The average molecular weight is 274 g/mol. The third-order valence-corrected chi connectivity index (χ3v) is 4.07. The first-order valence-electron chi connectivity index (χ1n) is 7.42. The predicted molar refractivity (Wildman–Crippen MR) is 85.2 cm³/mol. The van der Waals surface area contributed by atoms with Crippen molar-refractivity contribution in [1.82, 2.24) is 4.90 Å². The van der Waals surface area contributed by atoms with Crippen molar-refractivity contribution in [1.29, 1.82) is 0 Å². The van der Waals surface area contributed by atoms with Gasteiger partial charge in [0.25, 0.3) is 0 Å². The van der Waals surface area contributed by atoms with Crippen LogP contribution in [-0.4, -0.2) is 31.4 Å². The molecule has 0 spiro atoms. The van der Waals surface area contributed by atoms with E-state index in [4.69, 9.17) is 4.74 Å². The largest absolute Gasteiger partial charge is 0.493 e. The lowest BCUT2D eigenvalue weighted by Gasteiger charge is -2.15. The van der Waals surface area contributed by atoms with Gasteiger partial charge >= 0.3 is 0 Å². The van der Waals surface area contributed by atoms with Gasteiger partial charge in [-0.2, -0.15) is 0 Å². The molecule has 20 heavy (non-hydrogen) atoms. The second-order valence-electron chi connectivity index (χ2n) is 6.32. The molecule has 1 fully saturated rings. The summed E-state index contributed by atoms with van der Waals surface area (Å²) in [5, 5.41) is 0. The van der Waals surface area contributed by atoms with Gasteiger partial charge in [-0.05, 0) is 56.9 Å². The fourth-order valence-corrected chi connectivity index (χ4v) is 1.92. The molecule has 110 valence electrons. The Morgan fingerprint density at radius 3 is 2.60 bits per heavy atom. The molecule has 1 saturated carbocycles. The first-order valence-corrected chi connectivity index (χ1v) is 7.42. The van der Waals surface area contributed by atoms with E-state index in [1.165, 1.54) is 12.8 Å². The molecule has 1 aromatic rings. The van der Waals surface area contributed by atoms with Gasteiger partial charge in [0, 0.05) is 19.0 Å². The lowest BCUT2D eigenvalue weighted by Crippen LogP contribution is -2.14. The van der Waals surface area contributed by atoms with Gasteiger partial charge < -0.3 is 9.64 Å². The van der Waals surface area contributed by atoms with Crippen LogP contribution in [0.2, 0.25) is 0 Å². The number of nitrogens with zero attached hydrogens (tertiary/aromatic N) is 2. The smallest absolute Gasteiger partial charge is 0.122 e. The Balaban J connectivity index is 2.09. The molecule has 0 radical (unpaired) electrons. The summed E-state index contributed by atoms with van der Waals surface area (Å²) in [6.45, 7) is 10.4. The molecule has 0 saturated heterocycles. The van der Waals surface area contributed by atoms with Crippen LogP contribution in [-0.2, 0) is 0 Å². The van der Waals surface area contributed by atoms with Crippen molar-refractivity contribution >= 4 is 12.0 Å². The summed E-state index contributed by atoms with van der Waals surface area (Å²) in [5.41, 5.74) is 3.76. The van der Waals surface area contributed by atoms with Crippen LogP contribution in [0.25, 0.3) is 0 Å². The van der Waals surface area contributed by atoms with Gasteiger partial charge in [0.1, 0.15) is 5.75 Å². The van der Waals surface area contributed by atoms with E-state index in [9.17, 15) is 0 Å². The molecule has 0 N–H and O–H groups in total. The van der Waals surface area contributed by atoms with Gasteiger partial charge in [0.05, 0.1) is 18.6 Å². The first kappa shape index (κ1) is 14.9. The molecule has 0 aromatic heterocycles. The quantitative estimate of drug-likeness (QED) is 0.576. The minimum Gasteiger partial charge on any atom is -0.493 e. The average Bonchev–Trinajstić information content (AvgIpc) is 3.15. The van der Waals surface area contributed by atoms with Crippen LogP contribution in [0.15, 0.2) is 17.1 Å². The third kappa shape index (κ3) is 3.75. The highest BCUT2D eigenvalue weighted by molar-refractivity contribution is 5.64. The summed E-state index contributed by atoms with van der Waals surface area (Å²) in [4.78, 5) is 6.61. The maximum atomic E-state index is 5.98. The standard InChI is InChI=1S/C17H26N2O/c1-6-19(5)12-18-15-9-14(3)16(10-13(15)2)20-11-17(4)7-8-17/h9-10,12H,6-8,11H2,1-5H3. The first-order chi connectivity index (χ1) is 9.43. The fraction of sp³-hybridized carbons (Fsp3) is 0.588. The number of aliphatic imine (C=N–C) groups is 1. The molecule has 0 unspecified atom stereocenters. The third-order valence-electron chi connectivity index (χ3n) is 4.07. The number of hydrogen-bond acceptors (Lipinski definition) is 2. The molecule has 1 aliphatic carbocycles. The minimum absolute atomic E-state index is 0.418. The summed E-state index contributed by atoms with van der Waals surface area (Å²) in [7, 11) is 2.03. The number of benzene rings is 1. The molecular formula is C17H26N2O. The van der Waals surface area contributed by atoms with E-state index in [2.05, 4.69) is 49.7 Å². The minimum atomic E-state index is 0.418. The van der Waals surface area contributed by atoms with Gasteiger partial charge in [-0.25, -0.2) is 4.99 Å². The highest BCUT2D eigenvalue weighted by atomic mass is 16.5. The lowest BCUT2D eigenvalue weighted by molar-refractivity contribution is 0.246. The Bertz CT molecular complexity index is 504. The van der Waals surface area contributed by atoms with Gasteiger partial charge in [-0.3, -0.25) is 0 Å². The van der Waals surface area contributed by atoms with Crippen molar-refractivity contribution in [2.24, 2.45) is 10.4 Å². The topological polar surface area (TPSA) is 24.8 Å². The molecule has 0 bridgehead atoms. The zero-order valence-electron chi connectivity index (χ0n) is 13.4. The van der Waals surface area contributed by atoms with E-state index in [0.29, 0.717) is 5.41 Å². The highest BCUT2D eigenvalue weighted by Gasteiger charge is 2.38. The van der Waals surface area contributed by atoms with Crippen molar-refractivity contribution in [2.75, 3.05) is 20.2 Å². The van der Waals surface area contributed by atoms with Crippen LogP contribution in [0, 0.1) is 19.3 Å². The zero-order chi connectivity index (χ0) is 14.8. The monoisotopic (exact) mass is 274 g/mol. The molecule has 1 aromatic carbocycles. The van der Waals surface area contributed by atoms with Gasteiger partial charge in [-0.15, -0.1) is 0 Å². The van der Waals surface area contributed by atoms with Crippen LogP contribution in [0.5, 0.6) is 5.75 Å². The van der Waals surface area contributed by atoms with Crippen LogP contribution in [0.4, 0.5) is 5.69 Å². The molecule has 1 aliphatic rings. The highest BCUT2D eigenvalue weighted by Crippen LogP contribution is 2.45. The Kier molecular flexibility index (Phi) is 4.36. The van der Waals surface area contributed by atoms with Crippen molar-refractivity contribution in [3.8, 4) is 5.75 Å². The van der Waals surface area contributed by atoms with E-state index in [1.54, 1.807) is 0 Å². The van der Waals surface area contributed by atoms with Gasteiger partial charge in [-0.1, -0.05) is 6.92 Å². The zero-order valence-corrected chi connectivity index (χ0v) is 13.4. The lowest BCUT2D eigenvalue weighted by atomic mass is 10.1. The van der Waals surface area contributed by atoms with Crippen LogP contribution < -0.4 is 4.74 Å². The summed E-state index contributed by atoms with van der Waals surface area (Å²) < 4.78 is 5.98. The van der Waals surface area contributed by atoms with E-state index in [0.717, 1.165) is 35.7 Å². The van der Waals surface area contributed by atoms with Crippen molar-refractivity contribution in [2.45, 2.75) is 40.5 Å². The summed E-state index contributed by atoms with van der Waals surface area (Å²) in [5.74, 6) is 0.999. The van der Waals surface area contributed by atoms with Crippen LogP contribution in [0.1, 0.15) is 37.8 Å². The van der Waals surface area contributed by atoms with Gasteiger partial charge in [0.2, 0.25) is 0 Å². The van der Waals surface area contributed by atoms with E-state index in [-0.39, 0.29) is 0 Å². The molecule has 0 amide bonds.